The third-order valence-corrected chi connectivity index (χ3v) is 31.1. The van der Waals surface area contributed by atoms with E-state index in [0.29, 0.717) is 0 Å². The van der Waals surface area contributed by atoms with Gasteiger partial charge in [-0.2, -0.15) is 29.0 Å². The van der Waals surface area contributed by atoms with Gasteiger partial charge in [0, 0.05) is 37.9 Å². The maximum absolute atomic E-state index is 15.9. The number of halogens is 6. The summed E-state index contributed by atoms with van der Waals surface area (Å²) in [7, 11) is 0. The minimum atomic E-state index is -4.52. The van der Waals surface area contributed by atoms with Crippen molar-refractivity contribution in [3.8, 4) is 0 Å². The number of alkyl halides is 6. The number of rotatable bonds is 6. The number of aromatic nitrogens is 21. The van der Waals surface area contributed by atoms with Gasteiger partial charge in [-0.05, 0) is 59.0 Å². The fraction of sp³-hybridized carbons (Fsp3) is 0.550. The smallest absolute Gasteiger partial charge is 0.369 e. The van der Waals surface area contributed by atoms with Gasteiger partial charge in [-0.3, -0.25) is 89.1 Å². The zero-order chi connectivity index (χ0) is 95.5. The third kappa shape index (κ3) is 18.8. The highest BCUT2D eigenvalue weighted by atomic mass is 32.7. The van der Waals surface area contributed by atoms with Crippen LogP contribution in [0.25, 0.3) is 33.5 Å². The highest BCUT2D eigenvalue weighted by Crippen LogP contribution is 2.62. The highest BCUT2D eigenvalue weighted by molar-refractivity contribution is 8.44. The second-order valence-corrected chi connectivity index (χ2v) is 47.2. The van der Waals surface area contributed by atoms with Crippen LogP contribution in [-0.4, -0.2) is 314 Å². The fourth-order valence-electron chi connectivity index (χ4n) is 15.7. The van der Waals surface area contributed by atoms with Crippen molar-refractivity contribution in [1.29, 1.82) is 0 Å². The lowest BCUT2D eigenvalue weighted by Gasteiger charge is -2.27. The molecule has 57 nitrogen and oxygen atoms in total. The number of aromatic amines is 3. The molecular weight excluding hydrogens is 2070 g/mol. The van der Waals surface area contributed by atoms with Crippen LogP contribution in [0, 0.1) is 0 Å². The van der Waals surface area contributed by atoms with Gasteiger partial charge in [-0.1, -0.05) is 27.9 Å². The number of thiol groups is 1. The minimum absolute atomic E-state index is 0.0173. The number of fused-ring (bicyclic) bond motifs is 15. The number of aliphatic imine (C=N–C) groups is 3. The molecule has 6 unspecified atom stereocenters. The van der Waals surface area contributed by atoms with Crippen LogP contribution in [0.15, 0.2) is 48.3 Å². The predicted molar refractivity (Wildman–Crippen MR) is 456 cm³/mol. The van der Waals surface area contributed by atoms with Gasteiger partial charge >= 0.3 is 40.4 Å². The highest BCUT2D eigenvalue weighted by Gasteiger charge is 2.60. The van der Waals surface area contributed by atoms with E-state index in [-0.39, 0.29) is 105 Å². The third-order valence-electron chi connectivity index (χ3n) is 21.7. The minimum Gasteiger partial charge on any atom is -0.369 e. The summed E-state index contributed by atoms with van der Waals surface area (Å²) < 4.78 is 215. The van der Waals surface area contributed by atoms with Gasteiger partial charge in [0.1, 0.15) is 73.2 Å². The Morgan fingerprint density at radius 2 is 0.622 bits per heavy atom. The van der Waals surface area contributed by atoms with Gasteiger partial charge in [-0.25, -0.2) is 60.8 Å². The first-order valence-electron chi connectivity index (χ1n) is 38.9. The van der Waals surface area contributed by atoms with E-state index in [9.17, 15) is 57.8 Å². The van der Waals surface area contributed by atoms with Gasteiger partial charge in [0.25, 0.3) is 16.7 Å². The van der Waals surface area contributed by atoms with Crippen LogP contribution >= 0.6 is 52.6 Å². The van der Waals surface area contributed by atoms with Crippen LogP contribution in [0.1, 0.15) is 88.1 Å². The quantitative estimate of drug-likeness (QED) is 0.0623. The fourth-order valence-corrected chi connectivity index (χ4v) is 24.2. The Balaban J connectivity index is 0.000000130. The van der Waals surface area contributed by atoms with Gasteiger partial charge in [0.2, 0.25) is 17.8 Å². The molecule has 0 radical (unpaired) electrons. The topological polar surface area (TPSA) is 734 Å². The molecule has 21 rings (SSSR count). The number of nitrogens with one attached hydrogen (secondary N) is 3. The summed E-state index contributed by atoms with van der Waals surface area (Å²) in [5.41, 5.74) is 13.9. The first kappa shape index (κ1) is 96.3. The summed E-state index contributed by atoms with van der Waals surface area (Å²) in [5.74, 6) is -2.20. The van der Waals surface area contributed by atoms with Crippen LogP contribution in [0.5, 0.6) is 0 Å². The summed E-state index contributed by atoms with van der Waals surface area (Å²) in [4.78, 5) is 171. The molecule has 9 fully saturated rings. The molecule has 0 amide bonds. The Labute approximate surface area is 774 Å². The van der Waals surface area contributed by atoms with Gasteiger partial charge in [0.15, 0.2) is 160 Å². The molecule has 0 spiro atoms. The molecule has 75 heteroatoms. The standard InChI is InChI=1S/3C20H21F2N9O10P2S2/c3*21-9-7-3-36-42(34,44)40-13-8(39-18(10(13)22)31-15-11(28-29-31)6(32)1-2-24-15)4-37-43(35,45)41-14(9)19(38-7)30-5-25-12-16(30)26-20(23)27-17(12)33/h3*2,5,7-10,13-14,18-19H,1,3-4H2,(H,34,44)(H,35,45)(H3,23,26,27,33)/t7-,8-,9+,10+,13-,14-,18-,19-,42?,43?;2*7-,8-,9-,10+,13-,14-,18-,19-,42?,43?/m111/s1. The molecule has 30 atom stereocenters. The Hall–Kier alpha value is -7.62. The maximum Gasteiger partial charge on any atom is 0.386 e. The summed E-state index contributed by atoms with van der Waals surface area (Å²) in [6.07, 6.45) is -33.8. The molecule has 9 aromatic heterocycles. The summed E-state index contributed by atoms with van der Waals surface area (Å²) in [6.45, 7) is -30.7. The van der Waals surface area contributed by atoms with Crippen LogP contribution < -0.4 is 33.9 Å². The predicted octanol–water partition coefficient (Wildman–Crippen LogP) is 0.833. The van der Waals surface area contributed by atoms with Crippen molar-refractivity contribution in [3.05, 3.63) is 67.1 Å². The van der Waals surface area contributed by atoms with E-state index in [2.05, 4.69) is 103 Å². The normalized spacial score (nSPS) is 38.8. The number of carbonyl (C=O) groups excluding carboxylic acids is 3. The Morgan fingerprint density at radius 1 is 0.370 bits per heavy atom. The zero-order valence-corrected chi connectivity index (χ0v) is 77.0. The van der Waals surface area contributed by atoms with E-state index in [4.69, 9.17) is 159 Å². The van der Waals surface area contributed by atoms with Crippen molar-refractivity contribution < 1.29 is 152 Å². The molecule has 135 heavy (non-hydrogen) atoms. The molecule has 0 aromatic carbocycles. The van der Waals surface area contributed by atoms with Crippen LogP contribution in [0.4, 0.5) is 61.6 Å². The summed E-state index contributed by atoms with van der Waals surface area (Å²) in [6, 6.07) is 0. The SMILES string of the molecule is Nc1nc2c(ncn2[C@@H]2O[C@@H]3COP(O)(=S)O[C@H]4[C@H](F)[C@H](n5nnc6c5N=CCC6=O)O[C@@H]4COP(=O)(S)O[C@@H]2[C@@H]3F)c(=O)[nH]1.Nc1nc2c(ncn2[C@@H]2O[C@@H]3COP(O)(=S)O[C@H]4[C@H](F)[C@H](n5nnc6c5N=CCC6=O)O[C@@H]4COP(O)(=S)O[C@@H]2[C@@H]3F)c(=O)[nH]1.Nc1nc2c(ncn2[C@@H]2O[C@@H]3COP(O)(=S)O[C@H]4[C@H](F)[C@H](n5nnc6c5N=CCC6=O)O[C@@H]4COP(O)(=S)O[C@@H]2[C@H]3F)c(=O)[nH]1. The second kappa shape index (κ2) is 36.8. The zero-order valence-electron chi connectivity index (χ0n) is 66.7. The number of hydrogen-bond acceptors (Lipinski definition) is 48. The van der Waals surface area contributed by atoms with Crippen molar-refractivity contribution in [2.24, 2.45) is 15.0 Å². The van der Waals surface area contributed by atoms with Crippen LogP contribution in [0.3, 0.4) is 0 Å². The van der Waals surface area contributed by atoms with E-state index in [1.54, 1.807) is 0 Å². The lowest BCUT2D eigenvalue weighted by atomic mass is 10.1. The van der Waals surface area contributed by atoms with E-state index in [1.807, 2.05) is 0 Å². The average Bonchev–Trinajstić information content (AvgIpc) is 1.62. The van der Waals surface area contributed by atoms with Crippen molar-refractivity contribution >= 4 is 216 Å². The number of nitrogens with two attached hydrogens (primary N) is 3. The van der Waals surface area contributed by atoms with Gasteiger partial charge in [0.05, 0.1) is 58.6 Å². The number of Topliss-reactive ketones (excluding diaryl/α,β-unsaturated/α-hetero) is 3. The molecular formula is C60H63F6N27O30P6S6. The number of ether oxygens (including phenoxy) is 6. The first-order valence-corrected chi connectivity index (χ1v) is 54.5. The number of H-pyrrole nitrogens is 3. The van der Waals surface area contributed by atoms with Gasteiger partial charge < -0.3 is 92.7 Å². The molecule has 21 heterocycles. The number of nitrogens with zero attached hydrogens (tertiary/aromatic N) is 21. The summed E-state index contributed by atoms with van der Waals surface area (Å²) >= 11 is 29.5. The van der Waals surface area contributed by atoms with E-state index < -0.39 is 262 Å². The molecule has 0 saturated carbocycles. The molecule has 12 aliphatic rings. The van der Waals surface area contributed by atoms with E-state index in [0.717, 1.165) is 46.7 Å². The number of hydrogen-bond donors (Lipinski definition) is 12. The Morgan fingerprint density at radius 3 is 0.911 bits per heavy atom. The van der Waals surface area contributed by atoms with Crippen molar-refractivity contribution in [1.82, 2.24) is 104 Å². The number of ketones is 3. The molecule has 9 saturated heterocycles. The second-order valence-electron chi connectivity index (χ2n) is 30.3. The average molecular weight is 2130 g/mol. The Kier molecular flexibility index (Phi) is 26.2. The molecule has 9 aromatic rings. The summed E-state index contributed by atoms with van der Waals surface area (Å²) in [5, 5.41) is 22.7. The monoisotopic (exact) mass is 2130 g/mol. The van der Waals surface area contributed by atoms with Crippen LogP contribution in [0.2, 0.25) is 0 Å². The first-order chi connectivity index (χ1) is 63.9. The van der Waals surface area contributed by atoms with Crippen LogP contribution in [-0.2, 0) is 146 Å². The van der Waals surface area contributed by atoms with E-state index in [1.165, 1.54) is 18.6 Å². The lowest BCUT2D eigenvalue weighted by Crippen LogP contribution is -2.34. The van der Waals surface area contributed by atoms with Gasteiger partial charge in [-0.15, -0.1) is 15.3 Å². The molecule has 14 N–H and O–H groups in total. The largest absolute Gasteiger partial charge is 0.386 e. The Bertz CT molecular complexity index is 6260. The number of anilines is 3. The maximum atomic E-state index is 15.9. The van der Waals surface area contributed by atoms with E-state index >= 15 is 26.3 Å². The molecule has 6 bridgehead atoms. The number of nitrogen functional groups attached to an aromatic ring is 3. The molecule has 726 valence electrons. The van der Waals surface area contributed by atoms with Crippen molar-refractivity contribution in [3.63, 3.8) is 0 Å². The molecule has 0 aliphatic carbocycles. The van der Waals surface area contributed by atoms with Crippen molar-refractivity contribution in [2.75, 3.05) is 56.8 Å². The number of imidazole rings is 3. The van der Waals surface area contributed by atoms with Crippen molar-refractivity contribution in [2.45, 2.75) is 167 Å². The molecule has 12 aliphatic heterocycles. The number of carbonyl (C=O) groups is 3. The lowest BCUT2D eigenvalue weighted by molar-refractivity contribution is -0.0621.